The van der Waals surface area contributed by atoms with Crippen LogP contribution in [0.1, 0.15) is 33.6 Å². The van der Waals surface area contributed by atoms with Crippen molar-refractivity contribution in [3.8, 4) is 0 Å². The molecule has 1 amide bonds. The van der Waals surface area contributed by atoms with Gasteiger partial charge < -0.3 is 14.8 Å². The van der Waals surface area contributed by atoms with E-state index in [1.165, 1.54) is 7.11 Å². The number of rotatable bonds is 8. The van der Waals surface area contributed by atoms with E-state index in [4.69, 9.17) is 4.74 Å². The predicted molar refractivity (Wildman–Crippen MR) is 69.1 cm³/mol. The lowest BCUT2D eigenvalue weighted by Crippen LogP contribution is -2.43. The number of ether oxygens (including phenoxy) is 2. The summed E-state index contributed by atoms with van der Waals surface area (Å²) in [6.07, 6.45) is 0.927. The second-order valence-corrected chi connectivity index (χ2v) is 5.04. The molecule has 5 nitrogen and oxygen atoms in total. The molecule has 2 atom stereocenters. The fraction of sp³-hybridized carbons (Fsp3) is 0.846. The van der Waals surface area contributed by atoms with Crippen LogP contribution in [-0.4, -0.2) is 38.7 Å². The normalized spacial score (nSPS) is 14.1. The Morgan fingerprint density at radius 2 is 1.78 bits per heavy atom. The van der Waals surface area contributed by atoms with Gasteiger partial charge in [-0.1, -0.05) is 20.8 Å². The maximum absolute atomic E-state index is 11.8. The molecule has 0 saturated carbocycles. The molecule has 0 heterocycles. The largest absolute Gasteiger partial charge is 0.467 e. The van der Waals surface area contributed by atoms with Crippen molar-refractivity contribution in [2.75, 3.05) is 20.8 Å². The summed E-state index contributed by atoms with van der Waals surface area (Å²) in [5, 5.41) is 2.72. The first-order valence-electron chi connectivity index (χ1n) is 6.26. The van der Waals surface area contributed by atoms with Crippen LogP contribution < -0.4 is 5.32 Å². The summed E-state index contributed by atoms with van der Waals surface area (Å²) in [4.78, 5) is 23.3. The Morgan fingerprint density at radius 3 is 2.22 bits per heavy atom. The third-order valence-corrected chi connectivity index (χ3v) is 2.51. The average Bonchev–Trinajstić information content (AvgIpc) is 2.26. The number of carbonyl (C=O) groups is 2. The minimum absolute atomic E-state index is 0.132. The summed E-state index contributed by atoms with van der Waals surface area (Å²) in [5.74, 6) is -0.0924. The molecule has 5 heteroatoms. The Hall–Kier alpha value is -1.10. The van der Waals surface area contributed by atoms with E-state index in [1.54, 1.807) is 7.11 Å². The van der Waals surface area contributed by atoms with E-state index in [2.05, 4.69) is 10.1 Å². The second kappa shape index (κ2) is 8.91. The van der Waals surface area contributed by atoms with Crippen molar-refractivity contribution >= 4 is 11.9 Å². The van der Waals surface area contributed by atoms with Crippen LogP contribution >= 0.6 is 0 Å². The lowest BCUT2D eigenvalue weighted by molar-refractivity contribution is -0.145. The van der Waals surface area contributed by atoms with Crippen molar-refractivity contribution < 1.29 is 19.1 Å². The van der Waals surface area contributed by atoms with Gasteiger partial charge in [0.25, 0.3) is 0 Å². The number of hydrogen-bond acceptors (Lipinski definition) is 4. The Bertz CT molecular complexity index is 266. The molecule has 0 aliphatic rings. The van der Waals surface area contributed by atoms with Gasteiger partial charge in [-0.15, -0.1) is 0 Å². The van der Waals surface area contributed by atoms with Gasteiger partial charge in [0.15, 0.2) is 0 Å². The zero-order chi connectivity index (χ0) is 14.1. The maximum Gasteiger partial charge on any atom is 0.328 e. The highest BCUT2D eigenvalue weighted by atomic mass is 16.5. The molecule has 1 N–H and O–H groups in total. The van der Waals surface area contributed by atoms with Crippen LogP contribution in [0.4, 0.5) is 0 Å². The molecule has 2 unspecified atom stereocenters. The summed E-state index contributed by atoms with van der Waals surface area (Å²) in [7, 11) is 2.93. The van der Waals surface area contributed by atoms with Crippen molar-refractivity contribution in [3.63, 3.8) is 0 Å². The van der Waals surface area contributed by atoms with E-state index in [9.17, 15) is 9.59 Å². The first-order chi connectivity index (χ1) is 8.40. The summed E-state index contributed by atoms with van der Waals surface area (Å²) in [5.41, 5.74) is 0. The Kier molecular flexibility index (Phi) is 8.37. The van der Waals surface area contributed by atoms with Gasteiger partial charge >= 0.3 is 5.97 Å². The van der Waals surface area contributed by atoms with Crippen LogP contribution in [0.15, 0.2) is 0 Å². The molecule has 0 fully saturated rings. The zero-order valence-corrected chi connectivity index (χ0v) is 12.0. The molecule has 0 bridgehead atoms. The zero-order valence-electron chi connectivity index (χ0n) is 12.0. The topological polar surface area (TPSA) is 64.6 Å². The van der Waals surface area contributed by atoms with Gasteiger partial charge in [0, 0.05) is 20.1 Å². The molecule has 18 heavy (non-hydrogen) atoms. The predicted octanol–water partition coefficient (Wildman–Crippen LogP) is 1.36. The number of esters is 1. The second-order valence-electron chi connectivity index (χ2n) is 5.04. The average molecular weight is 259 g/mol. The van der Waals surface area contributed by atoms with Crippen molar-refractivity contribution in [3.05, 3.63) is 0 Å². The van der Waals surface area contributed by atoms with Gasteiger partial charge in [-0.3, -0.25) is 4.79 Å². The van der Waals surface area contributed by atoms with Crippen LogP contribution in [0.2, 0.25) is 0 Å². The highest BCUT2D eigenvalue weighted by Gasteiger charge is 2.23. The van der Waals surface area contributed by atoms with Gasteiger partial charge in [0.2, 0.25) is 5.91 Å². The Morgan fingerprint density at radius 1 is 1.17 bits per heavy atom. The number of nitrogens with one attached hydrogen (secondary N) is 1. The minimum atomic E-state index is -0.558. The minimum Gasteiger partial charge on any atom is -0.467 e. The Balaban J connectivity index is 4.30. The molecule has 0 rings (SSSR count). The van der Waals surface area contributed by atoms with Gasteiger partial charge in [-0.25, -0.2) is 4.79 Å². The first kappa shape index (κ1) is 16.9. The monoisotopic (exact) mass is 259 g/mol. The quantitative estimate of drug-likeness (QED) is 0.669. The molecule has 106 valence electrons. The van der Waals surface area contributed by atoms with Crippen LogP contribution in [-0.2, 0) is 19.1 Å². The molecule has 0 aromatic rings. The van der Waals surface area contributed by atoms with Crippen molar-refractivity contribution in [2.24, 2.45) is 11.8 Å². The fourth-order valence-electron chi connectivity index (χ4n) is 1.74. The van der Waals surface area contributed by atoms with Gasteiger partial charge in [-0.05, 0) is 18.3 Å². The molecule has 0 aromatic heterocycles. The van der Waals surface area contributed by atoms with Crippen LogP contribution in [0.25, 0.3) is 0 Å². The number of amides is 1. The van der Waals surface area contributed by atoms with E-state index >= 15 is 0 Å². The highest BCUT2D eigenvalue weighted by molar-refractivity contribution is 5.84. The Labute approximate surface area is 109 Å². The molecule has 0 aliphatic carbocycles. The lowest BCUT2D eigenvalue weighted by atomic mass is 10.0. The van der Waals surface area contributed by atoms with Gasteiger partial charge in [0.05, 0.1) is 7.11 Å². The number of carbonyl (C=O) groups excluding carboxylic acids is 2. The highest BCUT2D eigenvalue weighted by Crippen LogP contribution is 2.08. The number of methoxy groups -OCH3 is 2. The number of hydrogen-bond donors (Lipinski definition) is 1. The molecule has 0 spiro atoms. The van der Waals surface area contributed by atoms with E-state index < -0.39 is 12.0 Å². The summed E-state index contributed by atoms with van der Waals surface area (Å²) < 4.78 is 9.66. The molecule has 0 saturated heterocycles. The third-order valence-electron chi connectivity index (χ3n) is 2.51. The third kappa shape index (κ3) is 7.27. The van der Waals surface area contributed by atoms with Crippen LogP contribution in [0.3, 0.4) is 0 Å². The summed E-state index contributed by atoms with van der Waals surface area (Å²) >= 11 is 0. The van der Waals surface area contributed by atoms with Crippen molar-refractivity contribution in [1.29, 1.82) is 0 Å². The van der Waals surface area contributed by atoms with E-state index in [1.807, 2.05) is 20.8 Å². The van der Waals surface area contributed by atoms with Gasteiger partial charge in [-0.2, -0.15) is 0 Å². The van der Waals surface area contributed by atoms with Crippen molar-refractivity contribution in [2.45, 2.75) is 39.7 Å². The SMILES string of the molecule is COCC(C)CC(=O)NC(CC(C)C)C(=O)OC. The van der Waals surface area contributed by atoms with Crippen LogP contribution in [0, 0.1) is 11.8 Å². The fourth-order valence-corrected chi connectivity index (χ4v) is 1.74. The maximum atomic E-state index is 11.8. The van der Waals surface area contributed by atoms with Crippen LogP contribution in [0.5, 0.6) is 0 Å². The lowest BCUT2D eigenvalue weighted by Gasteiger charge is -2.19. The van der Waals surface area contributed by atoms with E-state index in [0.717, 1.165) is 0 Å². The summed E-state index contributed by atoms with van der Waals surface area (Å²) in [6, 6.07) is -0.558. The van der Waals surface area contributed by atoms with E-state index in [0.29, 0.717) is 25.4 Å². The van der Waals surface area contributed by atoms with E-state index in [-0.39, 0.29) is 11.8 Å². The van der Waals surface area contributed by atoms with Crippen molar-refractivity contribution in [1.82, 2.24) is 5.32 Å². The molecule has 0 aliphatic heterocycles. The standard InChI is InChI=1S/C13H25NO4/c1-9(2)6-11(13(16)18-5)14-12(15)7-10(3)8-17-4/h9-11H,6-8H2,1-5H3,(H,14,15). The molecule has 0 aromatic carbocycles. The summed E-state index contributed by atoms with van der Waals surface area (Å²) in [6.45, 7) is 6.45. The molecule has 0 radical (unpaired) electrons. The first-order valence-corrected chi connectivity index (χ1v) is 6.26. The van der Waals surface area contributed by atoms with Gasteiger partial charge in [0.1, 0.15) is 6.04 Å². The smallest absolute Gasteiger partial charge is 0.328 e. The molecular formula is C13H25NO4. The molecular weight excluding hydrogens is 234 g/mol.